The van der Waals surface area contributed by atoms with Crippen molar-refractivity contribution in [3.05, 3.63) is 34.4 Å². The van der Waals surface area contributed by atoms with Gasteiger partial charge < -0.3 is 4.74 Å². The lowest BCUT2D eigenvalue weighted by atomic mass is 10.1. The number of carbonyl (C=O) groups is 2. The van der Waals surface area contributed by atoms with Crippen molar-refractivity contribution < 1.29 is 14.3 Å². The summed E-state index contributed by atoms with van der Waals surface area (Å²) in [6, 6.07) is 4.95. The molecule has 0 atom stereocenters. The third kappa shape index (κ3) is 3.47. The Kier molecular flexibility index (Phi) is 5.53. The van der Waals surface area contributed by atoms with Crippen molar-refractivity contribution in [2.45, 2.75) is 20.3 Å². The monoisotopic (exact) mass is 339 g/mol. The molecule has 6 heteroatoms. The Hall–Kier alpha value is -1.46. The highest BCUT2D eigenvalue weighted by Crippen LogP contribution is 2.33. The average molecular weight is 340 g/mol. The molecule has 1 saturated heterocycles. The van der Waals surface area contributed by atoms with Gasteiger partial charge in [-0.2, -0.15) is 11.8 Å². The summed E-state index contributed by atoms with van der Waals surface area (Å²) in [5.41, 5.74) is 1.92. The third-order valence-corrected chi connectivity index (χ3v) is 4.25. The van der Waals surface area contributed by atoms with Crippen molar-refractivity contribution in [2.24, 2.45) is 0 Å². The lowest BCUT2D eigenvalue weighted by Crippen LogP contribution is -2.29. The van der Waals surface area contributed by atoms with Crippen LogP contribution in [0.2, 0.25) is 5.02 Å². The van der Waals surface area contributed by atoms with Crippen LogP contribution >= 0.6 is 23.4 Å². The molecule has 1 heterocycles. The zero-order valence-corrected chi connectivity index (χ0v) is 14.4. The van der Waals surface area contributed by atoms with Crippen molar-refractivity contribution in [1.29, 1.82) is 0 Å². The number of hydrogen-bond donors (Lipinski definition) is 0. The Bertz CT molecular complexity index is 638. The average Bonchev–Trinajstić information content (AvgIpc) is 2.77. The molecule has 1 aliphatic heterocycles. The van der Waals surface area contributed by atoms with Crippen molar-refractivity contribution in [1.82, 2.24) is 0 Å². The summed E-state index contributed by atoms with van der Waals surface area (Å²) in [5, 5.41) is 0.464. The van der Waals surface area contributed by atoms with Gasteiger partial charge in [0.2, 0.25) is 5.91 Å². The van der Waals surface area contributed by atoms with E-state index in [1.807, 2.05) is 20.1 Å². The highest BCUT2D eigenvalue weighted by atomic mass is 35.5. The van der Waals surface area contributed by atoms with Crippen LogP contribution in [0, 0.1) is 0 Å². The molecule has 1 fully saturated rings. The van der Waals surface area contributed by atoms with Crippen LogP contribution in [0.25, 0.3) is 0 Å². The van der Waals surface area contributed by atoms with E-state index in [0.717, 1.165) is 11.3 Å². The van der Waals surface area contributed by atoms with E-state index in [1.165, 1.54) is 4.90 Å². The number of halogens is 1. The van der Waals surface area contributed by atoms with Crippen LogP contribution in [0.3, 0.4) is 0 Å². The van der Waals surface area contributed by atoms with Crippen molar-refractivity contribution >= 4 is 40.9 Å². The SMILES string of the molecule is CSCCOc1cc(N2C(=O)CC(=C(C)C)C2=O)ccc1Cl. The number of imide groups is 1. The van der Waals surface area contributed by atoms with Gasteiger partial charge in [-0.1, -0.05) is 17.2 Å². The largest absolute Gasteiger partial charge is 0.491 e. The predicted octanol–water partition coefficient (Wildman–Crippen LogP) is 3.68. The lowest BCUT2D eigenvalue weighted by molar-refractivity contribution is -0.120. The second kappa shape index (κ2) is 7.20. The lowest BCUT2D eigenvalue weighted by Gasteiger charge is -2.16. The van der Waals surface area contributed by atoms with Crippen molar-refractivity contribution in [3.8, 4) is 5.75 Å². The first-order chi connectivity index (χ1) is 10.5. The number of rotatable bonds is 5. The van der Waals surface area contributed by atoms with Crippen LogP contribution in [0.4, 0.5) is 5.69 Å². The molecule has 4 nitrogen and oxygen atoms in total. The molecule has 1 aliphatic rings. The van der Waals surface area contributed by atoms with Gasteiger partial charge in [-0.3, -0.25) is 9.59 Å². The minimum absolute atomic E-state index is 0.145. The Morgan fingerprint density at radius 2 is 2.09 bits per heavy atom. The fourth-order valence-corrected chi connectivity index (χ4v) is 2.60. The Morgan fingerprint density at radius 3 is 2.68 bits per heavy atom. The van der Waals surface area contributed by atoms with Crippen LogP contribution in [-0.2, 0) is 9.59 Å². The number of thioether (sulfide) groups is 1. The minimum Gasteiger partial charge on any atom is -0.491 e. The van der Waals surface area contributed by atoms with E-state index < -0.39 is 0 Å². The van der Waals surface area contributed by atoms with Gasteiger partial charge in [0.05, 0.1) is 23.7 Å². The Labute approximate surface area is 139 Å². The normalized spacial score (nSPS) is 14.7. The molecule has 0 aliphatic carbocycles. The molecule has 1 aromatic rings. The second-order valence-corrected chi connectivity index (χ2v) is 6.54. The molecule has 2 amide bonds. The van der Waals surface area contributed by atoms with E-state index in [1.54, 1.807) is 30.0 Å². The van der Waals surface area contributed by atoms with Gasteiger partial charge in [0.1, 0.15) is 5.75 Å². The predicted molar refractivity (Wildman–Crippen MR) is 90.8 cm³/mol. The summed E-state index contributed by atoms with van der Waals surface area (Å²) in [6.45, 7) is 4.19. The number of anilines is 1. The fourth-order valence-electron chi connectivity index (χ4n) is 2.18. The van der Waals surface area contributed by atoms with Gasteiger partial charge in [0.15, 0.2) is 0 Å². The number of carbonyl (C=O) groups excluding carboxylic acids is 2. The van der Waals surface area contributed by atoms with Gasteiger partial charge in [0.25, 0.3) is 5.91 Å². The number of amides is 2. The standard InChI is InChI=1S/C16H18ClNO3S/c1-10(2)12-9-15(19)18(16(12)20)11-4-5-13(17)14(8-11)21-6-7-22-3/h4-5,8H,6-7,9H2,1-3H3. The molecular formula is C16H18ClNO3S. The second-order valence-electron chi connectivity index (χ2n) is 5.15. The van der Waals surface area contributed by atoms with Crippen molar-refractivity contribution in [3.63, 3.8) is 0 Å². The molecule has 2 rings (SSSR count). The van der Waals surface area contributed by atoms with Crippen molar-refractivity contribution in [2.75, 3.05) is 23.5 Å². The molecule has 0 saturated carbocycles. The smallest absolute Gasteiger partial charge is 0.261 e. The first kappa shape index (κ1) is 16.9. The van der Waals surface area contributed by atoms with Gasteiger partial charge >= 0.3 is 0 Å². The number of allylic oxidation sites excluding steroid dienone is 1. The number of benzene rings is 1. The molecule has 0 radical (unpaired) electrons. The zero-order valence-electron chi connectivity index (χ0n) is 12.8. The summed E-state index contributed by atoms with van der Waals surface area (Å²) < 4.78 is 5.61. The van der Waals surface area contributed by atoms with Gasteiger partial charge in [0, 0.05) is 17.4 Å². The maximum atomic E-state index is 12.4. The third-order valence-electron chi connectivity index (χ3n) is 3.36. The maximum absolute atomic E-state index is 12.4. The molecular weight excluding hydrogens is 322 g/mol. The number of hydrogen-bond acceptors (Lipinski definition) is 4. The Morgan fingerprint density at radius 1 is 1.36 bits per heavy atom. The van der Waals surface area contributed by atoms with E-state index >= 15 is 0 Å². The minimum atomic E-state index is -0.262. The van der Waals surface area contributed by atoms with Crippen LogP contribution in [0.5, 0.6) is 5.75 Å². The Balaban J connectivity index is 2.29. The summed E-state index contributed by atoms with van der Waals surface area (Å²) in [4.78, 5) is 25.7. The summed E-state index contributed by atoms with van der Waals surface area (Å²) in [7, 11) is 0. The van der Waals surface area contributed by atoms with Gasteiger partial charge in [-0.15, -0.1) is 0 Å². The van der Waals surface area contributed by atoms with E-state index in [4.69, 9.17) is 16.3 Å². The summed E-state index contributed by atoms with van der Waals surface area (Å²) in [5.74, 6) is 0.838. The first-order valence-electron chi connectivity index (χ1n) is 6.90. The van der Waals surface area contributed by atoms with Crippen LogP contribution in [0.1, 0.15) is 20.3 Å². The molecule has 0 aromatic heterocycles. The highest BCUT2D eigenvalue weighted by Gasteiger charge is 2.35. The van der Waals surface area contributed by atoms with E-state index in [9.17, 15) is 9.59 Å². The molecule has 0 N–H and O–H groups in total. The van der Waals surface area contributed by atoms with E-state index in [-0.39, 0.29) is 18.2 Å². The molecule has 22 heavy (non-hydrogen) atoms. The van der Waals surface area contributed by atoms with E-state index in [0.29, 0.717) is 28.6 Å². The molecule has 118 valence electrons. The van der Waals surface area contributed by atoms with Gasteiger partial charge in [-0.25, -0.2) is 4.90 Å². The molecule has 1 aromatic carbocycles. The quantitative estimate of drug-likeness (QED) is 0.466. The number of ether oxygens (including phenoxy) is 1. The molecule has 0 bridgehead atoms. The fraction of sp³-hybridized carbons (Fsp3) is 0.375. The first-order valence-corrected chi connectivity index (χ1v) is 8.67. The topological polar surface area (TPSA) is 46.6 Å². The van der Waals surface area contributed by atoms with Gasteiger partial charge in [-0.05, 0) is 32.2 Å². The summed E-state index contributed by atoms with van der Waals surface area (Å²) in [6.07, 6.45) is 2.14. The zero-order chi connectivity index (χ0) is 16.3. The molecule has 0 unspecified atom stereocenters. The number of nitrogens with zero attached hydrogens (tertiary/aromatic N) is 1. The van der Waals surface area contributed by atoms with Crippen LogP contribution in [-0.4, -0.2) is 30.4 Å². The van der Waals surface area contributed by atoms with Crippen LogP contribution in [0.15, 0.2) is 29.3 Å². The molecule has 0 spiro atoms. The van der Waals surface area contributed by atoms with E-state index in [2.05, 4.69) is 0 Å². The highest BCUT2D eigenvalue weighted by molar-refractivity contribution is 7.98. The summed E-state index contributed by atoms with van der Waals surface area (Å²) >= 11 is 7.77. The van der Waals surface area contributed by atoms with Crippen LogP contribution < -0.4 is 9.64 Å². The maximum Gasteiger partial charge on any atom is 0.261 e.